The number of carbonyl (C=O) groups is 3. The maximum Gasteiger partial charge on any atom is 0.315 e. The molecule has 0 saturated carbocycles. The van der Waals surface area contributed by atoms with Crippen molar-refractivity contribution in [2.24, 2.45) is 11.8 Å². The van der Waals surface area contributed by atoms with Crippen LogP contribution in [0.25, 0.3) is 0 Å². The summed E-state index contributed by atoms with van der Waals surface area (Å²) in [6, 6.07) is 6.40. The minimum Gasteiger partial charge on any atom is -0.481 e. The maximum absolute atomic E-state index is 12.1. The molecule has 1 rings (SSSR count). The van der Waals surface area contributed by atoms with Gasteiger partial charge in [0.1, 0.15) is 12.2 Å². The fourth-order valence-corrected chi connectivity index (χ4v) is 1.96. The molecule has 0 aliphatic carbocycles. The lowest BCUT2D eigenvalue weighted by atomic mass is 9.85. The second-order valence-corrected chi connectivity index (χ2v) is 4.81. The SMILES string of the molecule is CCC(C=O)C(C(=O)O)C(=O)c1ccc(Br)cc1. The van der Waals surface area contributed by atoms with E-state index in [0.717, 1.165) is 4.47 Å². The van der Waals surface area contributed by atoms with Crippen molar-refractivity contribution in [3.05, 3.63) is 34.3 Å². The summed E-state index contributed by atoms with van der Waals surface area (Å²) in [4.78, 5) is 34.1. The van der Waals surface area contributed by atoms with Gasteiger partial charge in [0.2, 0.25) is 0 Å². The first-order valence-electron chi connectivity index (χ1n) is 5.49. The lowest BCUT2D eigenvalue weighted by Gasteiger charge is -2.16. The normalized spacial score (nSPS) is 13.7. The predicted molar refractivity (Wildman–Crippen MR) is 69.4 cm³/mol. The molecular weight excluding hydrogens is 300 g/mol. The quantitative estimate of drug-likeness (QED) is 0.498. The Labute approximate surface area is 113 Å². The summed E-state index contributed by atoms with van der Waals surface area (Å²) in [6.07, 6.45) is 0.859. The third-order valence-corrected chi connectivity index (χ3v) is 3.28. The molecule has 96 valence electrons. The van der Waals surface area contributed by atoms with Gasteiger partial charge in [0.05, 0.1) is 0 Å². The molecule has 0 aliphatic heterocycles. The summed E-state index contributed by atoms with van der Waals surface area (Å²) in [5, 5.41) is 9.10. The van der Waals surface area contributed by atoms with E-state index in [4.69, 9.17) is 5.11 Å². The molecule has 18 heavy (non-hydrogen) atoms. The summed E-state index contributed by atoms with van der Waals surface area (Å²) in [5.41, 5.74) is 0.297. The minimum atomic E-state index is -1.31. The molecule has 0 fully saturated rings. The van der Waals surface area contributed by atoms with Crippen LogP contribution in [-0.2, 0) is 9.59 Å². The predicted octanol–water partition coefficient (Wildman–Crippen LogP) is 2.56. The molecule has 2 atom stereocenters. The summed E-state index contributed by atoms with van der Waals surface area (Å²) in [6.45, 7) is 1.68. The van der Waals surface area contributed by atoms with Crippen molar-refractivity contribution in [1.82, 2.24) is 0 Å². The molecule has 4 nitrogen and oxygen atoms in total. The van der Waals surface area contributed by atoms with Crippen LogP contribution in [-0.4, -0.2) is 23.1 Å². The van der Waals surface area contributed by atoms with Gasteiger partial charge in [0.25, 0.3) is 0 Å². The third-order valence-electron chi connectivity index (χ3n) is 2.75. The van der Waals surface area contributed by atoms with Gasteiger partial charge in [0, 0.05) is 16.0 Å². The third kappa shape index (κ3) is 3.26. The average molecular weight is 313 g/mol. The standard InChI is InChI=1S/C13H13BrO4/c1-2-8(7-15)11(13(17)18)12(16)9-3-5-10(14)6-4-9/h3-8,11H,2H2,1H3,(H,17,18). The van der Waals surface area contributed by atoms with Gasteiger partial charge in [-0.25, -0.2) is 0 Å². The van der Waals surface area contributed by atoms with Crippen LogP contribution in [0.5, 0.6) is 0 Å². The van der Waals surface area contributed by atoms with Crippen LogP contribution in [0.3, 0.4) is 0 Å². The van der Waals surface area contributed by atoms with Crippen LogP contribution < -0.4 is 0 Å². The Morgan fingerprint density at radius 3 is 2.28 bits per heavy atom. The fraction of sp³-hybridized carbons (Fsp3) is 0.308. The zero-order valence-electron chi connectivity index (χ0n) is 9.80. The Hall–Kier alpha value is -1.49. The van der Waals surface area contributed by atoms with E-state index in [2.05, 4.69) is 15.9 Å². The zero-order chi connectivity index (χ0) is 13.7. The van der Waals surface area contributed by atoms with Crippen LogP contribution in [0.2, 0.25) is 0 Å². The van der Waals surface area contributed by atoms with E-state index in [0.29, 0.717) is 18.3 Å². The van der Waals surface area contributed by atoms with Crippen LogP contribution in [0, 0.1) is 11.8 Å². The number of aldehydes is 1. The van der Waals surface area contributed by atoms with Crippen LogP contribution in [0.1, 0.15) is 23.7 Å². The monoisotopic (exact) mass is 312 g/mol. The summed E-state index contributed by atoms with van der Waals surface area (Å²) < 4.78 is 0.799. The summed E-state index contributed by atoms with van der Waals surface area (Å²) in [7, 11) is 0. The van der Waals surface area contributed by atoms with Crippen molar-refractivity contribution in [3.8, 4) is 0 Å². The number of hydrogen-bond acceptors (Lipinski definition) is 3. The number of carboxylic acid groups (broad SMARTS) is 1. The lowest BCUT2D eigenvalue weighted by molar-refractivity contribution is -0.143. The van der Waals surface area contributed by atoms with Gasteiger partial charge in [0.15, 0.2) is 5.78 Å². The molecule has 1 N–H and O–H groups in total. The number of rotatable bonds is 6. The van der Waals surface area contributed by atoms with E-state index in [9.17, 15) is 14.4 Å². The van der Waals surface area contributed by atoms with E-state index in [1.807, 2.05) is 0 Å². The number of ketones is 1. The van der Waals surface area contributed by atoms with E-state index in [-0.39, 0.29) is 0 Å². The first kappa shape index (κ1) is 14.6. The molecule has 0 saturated heterocycles. The van der Waals surface area contributed by atoms with Gasteiger partial charge < -0.3 is 9.90 Å². The molecule has 1 aromatic carbocycles. The molecule has 5 heteroatoms. The number of aliphatic carboxylic acids is 1. The minimum absolute atomic E-state index is 0.297. The number of hydrogen-bond donors (Lipinski definition) is 1. The first-order valence-corrected chi connectivity index (χ1v) is 6.28. The lowest BCUT2D eigenvalue weighted by Crippen LogP contribution is -2.32. The van der Waals surface area contributed by atoms with Crippen molar-refractivity contribution in [2.75, 3.05) is 0 Å². The second-order valence-electron chi connectivity index (χ2n) is 3.90. The molecule has 2 unspecified atom stereocenters. The van der Waals surface area contributed by atoms with E-state index < -0.39 is 23.6 Å². The first-order chi connectivity index (χ1) is 8.51. The molecule has 0 bridgehead atoms. The molecule has 1 aromatic rings. The smallest absolute Gasteiger partial charge is 0.315 e. The molecule has 0 aromatic heterocycles. The van der Waals surface area contributed by atoms with Crippen LogP contribution in [0.4, 0.5) is 0 Å². The Kier molecular flexibility index (Phi) is 5.22. The van der Waals surface area contributed by atoms with Crippen molar-refractivity contribution in [3.63, 3.8) is 0 Å². The summed E-state index contributed by atoms with van der Waals surface area (Å²) in [5.74, 6) is -3.90. The topological polar surface area (TPSA) is 71.4 Å². The number of carboxylic acids is 1. The van der Waals surface area contributed by atoms with Gasteiger partial charge in [-0.05, 0) is 18.6 Å². The molecule has 0 spiro atoms. The molecule has 0 aliphatic rings. The number of carbonyl (C=O) groups excluding carboxylic acids is 2. The highest BCUT2D eigenvalue weighted by Gasteiger charge is 2.34. The Bertz CT molecular complexity index is 453. The van der Waals surface area contributed by atoms with Gasteiger partial charge in [-0.3, -0.25) is 9.59 Å². The Morgan fingerprint density at radius 2 is 1.89 bits per heavy atom. The highest BCUT2D eigenvalue weighted by Crippen LogP contribution is 2.21. The molecule has 0 heterocycles. The zero-order valence-corrected chi connectivity index (χ0v) is 11.4. The van der Waals surface area contributed by atoms with Crippen molar-refractivity contribution < 1.29 is 19.5 Å². The molecule has 0 radical (unpaired) electrons. The number of halogens is 1. The van der Waals surface area contributed by atoms with Gasteiger partial charge >= 0.3 is 5.97 Å². The molecular formula is C13H13BrO4. The van der Waals surface area contributed by atoms with Crippen LogP contribution in [0.15, 0.2) is 28.7 Å². The maximum atomic E-state index is 12.1. The van der Waals surface area contributed by atoms with E-state index in [1.165, 1.54) is 0 Å². The van der Waals surface area contributed by atoms with Gasteiger partial charge in [-0.15, -0.1) is 0 Å². The Balaban J connectivity index is 3.06. The number of benzene rings is 1. The van der Waals surface area contributed by atoms with E-state index >= 15 is 0 Å². The highest BCUT2D eigenvalue weighted by molar-refractivity contribution is 9.10. The highest BCUT2D eigenvalue weighted by atomic mass is 79.9. The van der Waals surface area contributed by atoms with Crippen molar-refractivity contribution >= 4 is 34.0 Å². The number of Topliss-reactive ketones (excluding diaryl/α,β-unsaturated/α-hetero) is 1. The average Bonchev–Trinajstić information content (AvgIpc) is 2.35. The summed E-state index contributed by atoms with van der Waals surface area (Å²) >= 11 is 3.23. The Morgan fingerprint density at radius 1 is 1.33 bits per heavy atom. The second kappa shape index (κ2) is 6.44. The van der Waals surface area contributed by atoms with Crippen molar-refractivity contribution in [2.45, 2.75) is 13.3 Å². The van der Waals surface area contributed by atoms with Crippen molar-refractivity contribution in [1.29, 1.82) is 0 Å². The fourth-order valence-electron chi connectivity index (χ4n) is 1.69. The molecule has 0 amide bonds. The van der Waals surface area contributed by atoms with Gasteiger partial charge in [-0.2, -0.15) is 0 Å². The van der Waals surface area contributed by atoms with Crippen LogP contribution >= 0.6 is 15.9 Å². The largest absolute Gasteiger partial charge is 0.481 e. The van der Waals surface area contributed by atoms with E-state index in [1.54, 1.807) is 31.2 Å². The van der Waals surface area contributed by atoms with Gasteiger partial charge in [-0.1, -0.05) is 35.0 Å².